The van der Waals surface area contributed by atoms with Crippen molar-refractivity contribution in [3.63, 3.8) is 0 Å². The zero-order valence-corrected chi connectivity index (χ0v) is 13.1. The first-order chi connectivity index (χ1) is 10.4. The van der Waals surface area contributed by atoms with Gasteiger partial charge >= 0.3 is 0 Å². The van der Waals surface area contributed by atoms with Crippen molar-refractivity contribution in [3.05, 3.63) is 29.8 Å². The van der Waals surface area contributed by atoms with Gasteiger partial charge in [-0.05, 0) is 30.5 Å². The summed E-state index contributed by atoms with van der Waals surface area (Å²) in [7, 11) is -1.92. The summed E-state index contributed by atoms with van der Waals surface area (Å²) in [6, 6.07) is 8.56. The molecule has 0 N–H and O–H groups in total. The molecule has 0 aromatic heterocycles. The van der Waals surface area contributed by atoms with Crippen LogP contribution in [0.4, 0.5) is 0 Å². The van der Waals surface area contributed by atoms with Gasteiger partial charge in [-0.2, -0.15) is 9.57 Å². The van der Waals surface area contributed by atoms with Gasteiger partial charge in [0.2, 0.25) is 15.9 Å². The Labute approximate surface area is 130 Å². The molecule has 1 aliphatic carbocycles. The monoisotopic (exact) mass is 319 g/mol. The van der Waals surface area contributed by atoms with Gasteiger partial charge in [-0.3, -0.25) is 4.79 Å². The van der Waals surface area contributed by atoms with Crippen molar-refractivity contribution >= 4 is 15.9 Å². The van der Waals surface area contributed by atoms with Gasteiger partial charge in [0.15, 0.2) is 0 Å². The molecule has 1 aromatic carbocycles. The molecule has 3 rings (SSSR count). The molecule has 6 nitrogen and oxygen atoms in total. The van der Waals surface area contributed by atoms with E-state index in [0.29, 0.717) is 19.3 Å². The van der Waals surface area contributed by atoms with Gasteiger partial charge in [0.25, 0.3) is 0 Å². The van der Waals surface area contributed by atoms with Gasteiger partial charge in [0.1, 0.15) is 0 Å². The predicted molar refractivity (Wildman–Crippen MR) is 79.2 cm³/mol. The number of carbonyl (C=O) groups excluding carboxylic acids is 1. The number of piperazine rings is 1. The average molecular weight is 319 g/mol. The first-order valence-corrected chi connectivity index (χ1v) is 8.62. The average Bonchev–Trinajstić information content (AvgIpc) is 3.30. The molecule has 2 atom stereocenters. The smallest absolute Gasteiger partial charge is 0.243 e. The topological polar surface area (TPSA) is 81.5 Å². The quantitative estimate of drug-likeness (QED) is 0.820. The van der Waals surface area contributed by atoms with Gasteiger partial charge in [0.05, 0.1) is 17.5 Å². The first kappa shape index (κ1) is 15.0. The number of aryl methyl sites for hydroxylation is 1. The summed E-state index contributed by atoms with van der Waals surface area (Å²) in [5.41, 5.74) is 0.930. The number of benzene rings is 1. The second-order valence-electron chi connectivity index (χ2n) is 5.73. The van der Waals surface area contributed by atoms with Gasteiger partial charge in [-0.25, -0.2) is 8.42 Å². The largest absolute Gasteiger partial charge is 0.340 e. The van der Waals surface area contributed by atoms with Crippen LogP contribution in [0.3, 0.4) is 0 Å². The van der Waals surface area contributed by atoms with Crippen LogP contribution < -0.4 is 0 Å². The van der Waals surface area contributed by atoms with Crippen LogP contribution in [0.2, 0.25) is 0 Å². The number of hydrogen-bond acceptors (Lipinski definition) is 4. The van der Waals surface area contributed by atoms with Crippen LogP contribution in [0.25, 0.3) is 0 Å². The van der Waals surface area contributed by atoms with Crippen LogP contribution in [0.15, 0.2) is 29.2 Å². The van der Waals surface area contributed by atoms with E-state index >= 15 is 0 Å². The molecular weight excluding hydrogens is 302 g/mol. The summed E-state index contributed by atoms with van der Waals surface area (Å²) in [4.78, 5) is 13.7. The molecule has 116 valence electrons. The lowest BCUT2D eigenvalue weighted by molar-refractivity contribution is -0.132. The molecule has 1 amide bonds. The van der Waals surface area contributed by atoms with Crippen LogP contribution in [0.5, 0.6) is 0 Å². The SMILES string of the molecule is CN1C(=O)CN(S(=O)(=O)c2ccc(CCC#N)cc2)[C@H]2C[C@H]21. The Morgan fingerprint density at radius 3 is 2.59 bits per heavy atom. The van der Waals surface area contributed by atoms with E-state index in [1.807, 2.05) is 0 Å². The normalized spacial score (nSPS) is 24.7. The number of fused-ring (bicyclic) bond motifs is 1. The zero-order chi connectivity index (χ0) is 15.9. The van der Waals surface area contributed by atoms with Crippen LogP contribution in [0.1, 0.15) is 18.4 Å². The minimum Gasteiger partial charge on any atom is -0.340 e. The van der Waals surface area contributed by atoms with E-state index in [4.69, 9.17) is 5.26 Å². The summed E-state index contributed by atoms with van der Waals surface area (Å²) in [5.74, 6) is -0.159. The Kier molecular flexibility index (Phi) is 3.67. The Morgan fingerprint density at radius 1 is 1.27 bits per heavy atom. The minimum atomic E-state index is -3.64. The van der Waals surface area contributed by atoms with Gasteiger partial charge in [-0.1, -0.05) is 12.1 Å². The van der Waals surface area contributed by atoms with Gasteiger partial charge in [-0.15, -0.1) is 0 Å². The fraction of sp³-hybridized carbons (Fsp3) is 0.467. The summed E-state index contributed by atoms with van der Waals surface area (Å²) in [6.07, 6.45) is 1.72. The predicted octanol–water partition coefficient (Wildman–Crippen LogP) is 0.746. The lowest BCUT2D eigenvalue weighted by Crippen LogP contribution is -2.50. The maximum atomic E-state index is 12.7. The molecule has 2 aliphatic rings. The van der Waals surface area contributed by atoms with E-state index in [0.717, 1.165) is 5.56 Å². The number of hydrogen-bond donors (Lipinski definition) is 0. The maximum Gasteiger partial charge on any atom is 0.243 e. The van der Waals surface area contributed by atoms with Crippen molar-refractivity contribution in [1.29, 1.82) is 5.26 Å². The van der Waals surface area contributed by atoms with Crippen LogP contribution in [-0.4, -0.2) is 49.2 Å². The number of likely N-dealkylation sites (N-methyl/N-ethyl adjacent to an activating group) is 1. The number of sulfonamides is 1. The number of rotatable bonds is 4. The van der Waals surface area contributed by atoms with Crippen molar-refractivity contribution in [2.75, 3.05) is 13.6 Å². The standard InChI is InChI=1S/C15H17N3O3S/c1-17-13-9-14(13)18(10-15(17)19)22(20,21)12-6-4-11(5-7-12)3-2-8-16/h4-7,13-14H,2-3,9-10H2,1H3/t13-,14+/m1/s1. The van der Waals surface area contributed by atoms with E-state index in [1.165, 1.54) is 4.31 Å². The van der Waals surface area contributed by atoms with Crippen LogP contribution in [0, 0.1) is 11.3 Å². The van der Waals surface area contributed by atoms with Crippen molar-refractivity contribution in [1.82, 2.24) is 9.21 Å². The second-order valence-corrected chi connectivity index (χ2v) is 7.62. The summed E-state index contributed by atoms with van der Waals surface area (Å²) < 4.78 is 26.7. The number of carbonyl (C=O) groups is 1. The molecule has 22 heavy (non-hydrogen) atoms. The van der Waals surface area contributed by atoms with Crippen molar-refractivity contribution in [2.45, 2.75) is 36.2 Å². The molecule has 1 saturated carbocycles. The molecule has 1 aliphatic heterocycles. The highest BCUT2D eigenvalue weighted by Gasteiger charge is 2.54. The minimum absolute atomic E-state index is 0.0194. The molecule has 1 saturated heterocycles. The van der Waals surface area contributed by atoms with Gasteiger partial charge < -0.3 is 4.90 Å². The molecule has 2 fully saturated rings. The molecule has 1 aromatic rings. The number of nitrogens with zero attached hydrogens (tertiary/aromatic N) is 3. The third kappa shape index (κ3) is 2.49. The van der Waals surface area contributed by atoms with Gasteiger partial charge in [0, 0.05) is 25.6 Å². The second kappa shape index (κ2) is 5.38. The highest BCUT2D eigenvalue weighted by Crippen LogP contribution is 2.39. The van der Waals surface area contributed by atoms with E-state index in [-0.39, 0.29) is 29.4 Å². The van der Waals surface area contributed by atoms with E-state index < -0.39 is 10.0 Å². The van der Waals surface area contributed by atoms with Crippen molar-refractivity contribution in [2.24, 2.45) is 0 Å². The van der Waals surface area contributed by atoms with Crippen molar-refractivity contribution < 1.29 is 13.2 Å². The number of amides is 1. The summed E-state index contributed by atoms with van der Waals surface area (Å²) in [5, 5.41) is 8.57. The molecule has 0 radical (unpaired) electrons. The molecular formula is C15H17N3O3S. The summed E-state index contributed by atoms with van der Waals surface area (Å²) in [6.45, 7) is -0.0871. The third-order valence-electron chi connectivity index (χ3n) is 4.33. The molecule has 0 unspecified atom stereocenters. The maximum absolute atomic E-state index is 12.7. The van der Waals surface area contributed by atoms with Crippen LogP contribution in [-0.2, 0) is 21.2 Å². The van der Waals surface area contributed by atoms with Crippen LogP contribution >= 0.6 is 0 Å². The fourth-order valence-electron chi connectivity index (χ4n) is 2.87. The first-order valence-electron chi connectivity index (χ1n) is 7.18. The highest BCUT2D eigenvalue weighted by molar-refractivity contribution is 7.89. The molecule has 0 bridgehead atoms. The lowest BCUT2D eigenvalue weighted by atomic mass is 10.1. The van der Waals surface area contributed by atoms with Crippen molar-refractivity contribution in [3.8, 4) is 6.07 Å². The third-order valence-corrected chi connectivity index (χ3v) is 6.22. The highest BCUT2D eigenvalue weighted by atomic mass is 32.2. The number of nitriles is 1. The Hall–Kier alpha value is -1.91. The zero-order valence-electron chi connectivity index (χ0n) is 12.3. The Bertz CT molecular complexity index is 736. The van der Waals surface area contributed by atoms with E-state index in [9.17, 15) is 13.2 Å². The molecule has 1 heterocycles. The Balaban J connectivity index is 1.82. The van der Waals surface area contributed by atoms with E-state index in [1.54, 1.807) is 36.2 Å². The lowest BCUT2D eigenvalue weighted by Gasteiger charge is -2.30. The van der Waals surface area contributed by atoms with E-state index in [2.05, 4.69) is 6.07 Å². The Morgan fingerprint density at radius 2 is 1.95 bits per heavy atom. The summed E-state index contributed by atoms with van der Waals surface area (Å²) >= 11 is 0. The molecule has 7 heteroatoms. The fourth-order valence-corrected chi connectivity index (χ4v) is 4.48. The molecule has 0 spiro atoms.